The molecule has 0 bridgehead atoms. The predicted molar refractivity (Wildman–Crippen MR) is 93.9 cm³/mol. The van der Waals surface area contributed by atoms with Crippen molar-refractivity contribution in [1.29, 1.82) is 0 Å². The summed E-state index contributed by atoms with van der Waals surface area (Å²) in [7, 11) is 0. The molecule has 0 radical (unpaired) electrons. The van der Waals surface area contributed by atoms with Crippen LogP contribution < -0.4 is 5.32 Å². The molecular formula is C21H19F2NO3. The molecular weight excluding hydrogens is 352 g/mol. The second kappa shape index (κ2) is 7.10. The molecule has 0 spiro atoms. The maximum atomic E-state index is 14.3. The molecule has 4 atom stereocenters. The zero-order valence-electron chi connectivity index (χ0n) is 14.5. The van der Waals surface area contributed by atoms with Crippen LogP contribution in [0, 0.1) is 23.5 Å². The Morgan fingerprint density at radius 2 is 1.93 bits per heavy atom. The number of amides is 1. The van der Waals surface area contributed by atoms with Gasteiger partial charge < -0.3 is 10.1 Å². The third-order valence-electron chi connectivity index (χ3n) is 5.40. The number of carbonyl (C=O) groups is 2. The molecule has 27 heavy (non-hydrogen) atoms. The molecule has 4 rings (SSSR count). The molecule has 0 saturated heterocycles. The number of nitrogens with one attached hydrogen (secondary N) is 1. The summed E-state index contributed by atoms with van der Waals surface area (Å²) in [6, 6.07) is 11.9. The summed E-state index contributed by atoms with van der Waals surface area (Å²) >= 11 is 0. The van der Waals surface area contributed by atoms with Crippen molar-refractivity contribution in [3.05, 3.63) is 71.3 Å². The van der Waals surface area contributed by atoms with Gasteiger partial charge in [-0.05, 0) is 41.7 Å². The smallest absolute Gasteiger partial charge is 0.407 e. The molecule has 140 valence electrons. The Balaban J connectivity index is 1.49. The minimum Gasteiger partial charge on any atom is -0.445 e. The third kappa shape index (κ3) is 3.70. The minimum absolute atomic E-state index is 0.0569. The lowest BCUT2D eigenvalue weighted by molar-refractivity contribution is -0.122. The fourth-order valence-electron chi connectivity index (χ4n) is 4.05. The molecule has 2 saturated carbocycles. The Morgan fingerprint density at radius 1 is 1.15 bits per heavy atom. The average Bonchev–Trinajstić information content (AvgIpc) is 3.45. The summed E-state index contributed by atoms with van der Waals surface area (Å²) in [5, 5.41) is 2.70. The molecule has 2 aromatic carbocycles. The summed E-state index contributed by atoms with van der Waals surface area (Å²) in [5.41, 5.74) is 1.05. The van der Waals surface area contributed by atoms with Gasteiger partial charge in [0.15, 0.2) is 0 Å². The van der Waals surface area contributed by atoms with Crippen molar-refractivity contribution < 1.29 is 23.1 Å². The van der Waals surface area contributed by atoms with E-state index >= 15 is 0 Å². The molecule has 6 heteroatoms. The highest BCUT2D eigenvalue weighted by Gasteiger charge is 2.55. The zero-order valence-corrected chi connectivity index (χ0v) is 14.5. The van der Waals surface area contributed by atoms with Crippen molar-refractivity contribution in [3.63, 3.8) is 0 Å². The van der Waals surface area contributed by atoms with Crippen molar-refractivity contribution in [2.24, 2.45) is 11.8 Å². The van der Waals surface area contributed by atoms with Crippen molar-refractivity contribution >= 4 is 11.9 Å². The second-order valence-electron chi connectivity index (χ2n) is 7.18. The number of hydrogen-bond donors (Lipinski definition) is 1. The molecule has 2 aliphatic rings. The quantitative estimate of drug-likeness (QED) is 0.885. The van der Waals surface area contributed by atoms with Crippen LogP contribution in [0.4, 0.5) is 13.6 Å². The van der Waals surface area contributed by atoms with Crippen LogP contribution in [-0.2, 0) is 16.1 Å². The van der Waals surface area contributed by atoms with Crippen LogP contribution in [0.1, 0.15) is 29.9 Å². The zero-order chi connectivity index (χ0) is 19.0. The molecule has 2 aliphatic carbocycles. The van der Waals surface area contributed by atoms with Crippen LogP contribution >= 0.6 is 0 Å². The SMILES string of the molecule is O=C(N[C@H]1CC(=O)[C@H]2C[C@H]2[C@@H]1c1cc(F)ccc1F)OCc1ccccc1. The van der Waals surface area contributed by atoms with Crippen LogP contribution in [0.2, 0.25) is 0 Å². The van der Waals surface area contributed by atoms with Gasteiger partial charge in [0.25, 0.3) is 0 Å². The number of ketones is 1. The van der Waals surface area contributed by atoms with Crippen molar-refractivity contribution in [2.45, 2.75) is 31.4 Å². The number of ether oxygens (including phenoxy) is 1. The van der Waals surface area contributed by atoms with E-state index in [0.29, 0.717) is 6.42 Å². The summed E-state index contributed by atoms with van der Waals surface area (Å²) < 4.78 is 33.2. The van der Waals surface area contributed by atoms with Crippen LogP contribution in [0.5, 0.6) is 0 Å². The summed E-state index contributed by atoms with van der Waals surface area (Å²) in [5.74, 6) is -1.62. The van der Waals surface area contributed by atoms with E-state index in [-0.39, 0.29) is 36.2 Å². The van der Waals surface area contributed by atoms with Gasteiger partial charge in [-0.15, -0.1) is 0 Å². The van der Waals surface area contributed by atoms with E-state index < -0.39 is 29.7 Å². The maximum absolute atomic E-state index is 14.3. The number of fused-ring (bicyclic) bond motifs is 1. The van der Waals surface area contributed by atoms with E-state index in [1.165, 1.54) is 0 Å². The number of hydrogen-bond acceptors (Lipinski definition) is 3. The lowest BCUT2D eigenvalue weighted by Crippen LogP contribution is -2.44. The van der Waals surface area contributed by atoms with Gasteiger partial charge >= 0.3 is 6.09 Å². The Kier molecular flexibility index (Phi) is 4.64. The summed E-state index contributed by atoms with van der Waals surface area (Å²) in [6.45, 7) is 0.0956. The van der Waals surface area contributed by atoms with Gasteiger partial charge in [-0.3, -0.25) is 4.79 Å². The van der Waals surface area contributed by atoms with E-state index in [9.17, 15) is 18.4 Å². The topological polar surface area (TPSA) is 55.4 Å². The number of benzene rings is 2. The van der Waals surface area contributed by atoms with Crippen LogP contribution in [-0.4, -0.2) is 17.9 Å². The van der Waals surface area contributed by atoms with Crippen molar-refractivity contribution in [1.82, 2.24) is 5.32 Å². The van der Waals surface area contributed by atoms with Crippen molar-refractivity contribution in [3.8, 4) is 0 Å². The first-order valence-electron chi connectivity index (χ1n) is 8.98. The Labute approximate surface area is 155 Å². The highest BCUT2D eigenvalue weighted by molar-refractivity contribution is 5.86. The molecule has 0 aliphatic heterocycles. The fourth-order valence-corrected chi connectivity index (χ4v) is 4.05. The minimum atomic E-state index is -0.669. The van der Waals surface area contributed by atoms with E-state index in [1.54, 1.807) is 0 Å². The molecule has 4 nitrogen and oxygen atoms in total. The molecule has 2 fully saturated rings. The highest BCUT2D eigenvalue weighted by Crippen LogP contribution is 2.55. The molecule has 0 heterocycles. The Hall–Kier alpha value is -2.76. The molecule has 2 aromatic rings. The largest absolute Gasteiger partial charge is 0.445 e. The highest BCUT2D eigenvalue weighted by atomic mass is 19.1. The lowest BCUT2D eigenvalue weighted by Gasteiger charge is -2.31. The van der Waals surface area contributed by atoms with E-state index in [0.717, 1.165) is 23.8 Å². The van der Waals surface area contributed by atoms with Gasteiger partial charge in [-0.25, -0.2) is 13.6 Å². The van der Waals surface area contributed by atoms with Crippen molar-refractivity contribution in [2.75, 3.05) is 0 Å². The number of alkyl carbamates (subject to hydrolysis) is 1. The molecule has 1 N–H and O–H groups in total. The fraction of sp³-hybridized carbons (Fsp3) is 0.333. The van der Waals surface area contributed by atoms with Gasteiger partial charge in [-0.1, -0.05) is 30.3 Å². The summed E-state index contributed by atoms with van der Waals surface area (Å²) in [6.07, 6.45) is 0.0800. The first-order valence-corrected chi connectivity index (χ1v) is 8.98. The predicted octanol–water partition coefficient (Wildman–Crippen LogP) is 3.95. The van der Waals surface area contributed by atoms with Gasteiger partial charge in [0, 0.05) is 24.3 Å². The molecule has 0 aromatic heterocycles. The van der Waals surface area contributed by atoms with Crippen LogP contribution in [0.25, 0.3) is 0 Å². The average molecular weight is 371 g/mol. The molecule has 0 unspecified atom stereocenters. The Bertz CT molecular complexity index is 871. The second-order valence-corrected chi connectivity index (χ2v) is 7.18. The van der Waals surface area contributed by atoms with Gasteiger partial charge in [0.1, 0.15) is 24.0 Å². The van der Waals surface area contributed by atoms with Gasteiger partial charge in [0.05, 0.1) is 0 Å². The number of carbonyl (C=O) groups excluding carboxylic acids is 2. The molecule has 1 amide bonds. The van der Waals surface area contributed by atoms with Gasteiger partial charge in [-0.2, -0.15) is 0 Å². The number of rotatable bonds is 4. The van der Waals surface area contributed by atoms with E-state index in [4.69, 9.17) is 4.74 Å². The number of halogens is 2. The Morgan fingerprint density at radius 3 is 2.70 bits per heavy atom. The van der Waals surface area contributed by atoms with E-state index in [1.807, 2.05) is 30.3 Å². The third-order valence-corrected chi connectivity index (χ3v) is 5.40. The lowest BCUT2D eigenvalue weighted by atomic mass is 9.79. The first-order chi connectivity index (χ1) is 13.0. The van der Waals surface area contributed by atoms with Crippen LogP contribution in [0.3, 0.4) is 0 Å². The maximum Gasteiger partial charge on any atom is 0.407 e. The summed E-state index contributed by atoms with van der Waals surface area (Å²) in [4.78, 5) is 24.4. The monoisotopic (exact) mass is 371 g/mol. The van der Waals surface area contributed by atoms with Crippen LogP contribution in [0.15, 0.2) is 48.5 Å². The first kappa shape index (κ1) is 17.6. The standard InChI is InChI=1S/C21H19F2NO3/c22-13-6-7-17(23)16(8-13)20-15-9-14(15)19(25)10-18(20)24-21(26)27-11-12-4-2-1-3-5-12/h1-8,14-15,18,20H,9-11H2,(H,24,26)/t14-,15+,18-,20+/m0/s1. The normalized spacial score (nSPS) is 26.2. The van der Waals surface area contributed by atoms with Gasteiger partial charge in [0.2, 0.25) is 0 Å². The number of Topliss-reactive ketones (excluding diaryl/α,β-unsaturated/α-hetero) is 1. The van der Waals surface area contributed by atoms with E-state index in [2.05, 4.69) is 5.32 Å².